The van der Waals surface area contributed by atoms with Gasteiger partial charge in [0, 0.05) is 12.1 Å². The van der Waals surface area contributed by atoms with Crippen molar-refractivity contribution in [2.75, 3.05) is 13.2 Å². The largest absolute Gasteiger partial charge is 0.480 e. The molecule has 0 fully saturated rings. The van der Waals surface area contributed by atoms with E-state index >= 15 is 0 Å². The Morgan fingerprint density at radius 3 is 2.82 bits per heavy atom. The van der Waals surface area contributed by atoms with Crippen LogP contribution in [-0.2, 0) is 6.54 Å². The SMILES string of the molecule is C#CCOc1c(C)cccc1CNCC(C)C. The molecule has 0 unspecified atom stereocenters. The van der Waals surface area contributed by atoms with Gasteiger partial charge in [-0.15, -0.1) is 6.42 Å². The zero-order valence-corrected chi connectivity index (χ0v) is 10.9. The first-order valence-electron chi connectivity index (χ1n) is 6.00. The van der Waals surface area contributed by atoms with Crippen molar-refractivity contribution >= 4 is 0 Å². The monoisotopic (exact) mass is 231 g/mol. The molecule has 0 atom stereocenters. The maximum absolute atomic E-state index is 5.60. The fourth-order valence-electron chi connectivity index (χ4n) is 1.67. The minimum Gasteiger partial charge on any atom is -0.480 e. The summed E-state index contributed by atoms with van der Waals surface area (Å²) in [6.07, 6.45) is 5.23. The number of nitrogens with one attached hydrogen (secondary N) is 1. The molecular formula is C15H21NO. The van der Waals surface area contributed by atoms with Gasteiger partial charge in [-0.05, 0) is 24.9 Å². The number of hydrogen-bond acceptors (Lipinski definition) is 2. The van der Waals surface area contributed by atoms with Crippen LogP contribution in [0.15, 0.2) is 18.2 Å². The first-order valence-corrected chi connectivity index (χ1v) is 6.00. The molecule has 0 aliphatic heterocycles. The highest BCUT2D eigenvalue weighted by molar-refractivity contribution is 5.40. The molecule has 0 amide bonds. The van der Waals surface area contributed by atoms with E-state index in [2.05, 4.69) is 31.2 Å². The minimum atomic E-state index is 0.321. The quantitative estimate of drug-likeness (QED) is 0.760. The van der Waals surface area contributed by atoms with Crippen LogP contribution in [0.2, 0.25) is 0 Å². The van der Waals surface area contributed by atoms with E-state index in [9.17, 15) is 0 Å². The molecule has 2 heteroatoms. The average Bonchev–Trinajstić information content (AvgIpc) is 2.28. The molecule has 0 saturated heterocycles. The van der Waals surface area contributed by atoms with Crippen LogP contribution in [0, 0.1) is 25.2 Å². The molecule has 1 N–H and O–H groups in total. The van der Waals surface area contributed by atoms with Gasteiger partial charge < -0.3 is 10.1 Å². The van der Waals surface area contributed by atoms with E-state index in [1.807, 2.05) is 19.1 Å². The molecule has 1 rings (SSSR count). The van der Waals surface area contributed by atoms with Crippen molar-refractivity contribution in [3.63, 3.8) is 0 Å². The van der Waals surface area contributed by atoms with Crippen LogP contribution < -0.4 is 10.1 Å². The van der Waals surface area contributed by atoms with Crippen LogP contribution in [0.4, 0.5) is 0 Å². The number of benzene rings is 1. The molecule has 0 aliphatic carbocycles. The molecule has 0 aliphatic rings. The summed E-state index contributed by atoms with van der Waals surface area (Å²) in [5, 5.41) is 3.41. The zero-order valence-electron chi connectivity index (χ0n) is 10.9. The van der Waals surface area contributed by atoms with Crippen molar-refractivity contribution in [2.24, 2.45) is 5.92 Å². The van der Waals surface area contributed by atoms with Crippen molar-refractivity contribution < 1.29 is 4.74 Å². The Kier molecular flexibility index (Phi) is 5.59. The minimum absolute atomic E-state index is 0.321. The van der Waals surface area contributed by atoms with E-state index < -0.39 is 0 Å². The fourth-order valence-corrected chi connectivity index (χ4v) is 1.67. The van der Waals surface area contributed by atoms with E-state index in [0.29, 0.717) is 12.5 Å². The van der Waals surface area contributed by atoms with E-state index in [-0.39, 0.29) is 0 Å². The smallest absolute Gasteiger partial charge is 0.148 e. The number of aryl methyl sites for hydroxylation is 1. The molecule has 92 valence electrons. The summed E-state index contributed by atoms with van der Waals surface area (Å²) in [6.45, 7) is 8.57. The molecule has 0 spiro atoms. The number of hydrogen-bond donors (Lipinski definition) is 1. The number of terminal acetylenes is 1. The highest BCUT2D eigenvalue weighted by Gasteiger charge is 2.06. The van der Waals surface area contributed by atoms with Gasteiger partial charge in [0.2, 0.25) is 0 Å². The molecule has 0 saturated carbocycles. The topological polar surface area (TPSA) is 21.3 Å². The van der Waals surface area contributed by atoms with E-state index in [0.717, 1.165) is 24.4 Å². The van der Waals surface area contributed by atoms with Gasteiger partial charge in [0.1, 0.15) is 12.4 Å². The molecular weight excluding hydrogens is 210 g/mol. The molecule has 2 nitrogen and oxygen atoms in total. The summed E-state index contributed by atoms with van der Waals surface area (Å²) < 4.78 is 5.60. The lowest BCUT2D eigenvalue weighted by atomic mass is 10.1. The second-order valence-electron chi connectivity index (χ2n) is 4.58. The summed E-state index contributed by atoms with van der Waals surface area (Å²) in [6, 6.07) is 6.16. The van der Waals surface area contributed by atoms with Crippen molar-refractivity contribution in [1.29, 1.82) is 0 Å². The van der Waals surface area contributed by atoms with Gasteiger partial charge >= 0.3 is 0 Å². The first kappa shape index (κ1) is 13.6. The van der Waals surface area contributed by atoms with Crippen LogP contribution in [0.25, 0.3) is 0 Å². The lowest BCUT2D eigenvalue weighted by molar-refractivity contribution is 0.361. The first-order chi connectivity index (χ1) is 8.15. The van der Waals surface area contributed by atoms with Gasteiger partial charge in [0.05, 0.1) is 0 Å². The summed E-state index contributed by atoms with van der Waals surface area (Å²) in [5.74, 6) is 4.07. The third-order valence-electron chi connectivity index (χ3n) is 2.46. The molecule has 1 aromatic rings. The normalized spacial score (nSPS) is 10.3. The second-order valence-corrected chi connectivity index (χ2v) is 4.58. The Bertz CT molecular complexity index is 390. The number of para-hydroxylation sites is 1. The van der Waals surface area contributed by atoms with E-state index in [1.165, 1.54) is 5.56 Å². The van der Waals surface area contributed by atoms with Crippen molar-refractivity contribution in [2.45, 2.75) is 27.3 Å². The summed E-state index contributed by atoms with van der Waals surface area (Å²) in [7, 11) is 0. The maximum Gasteiger partial charge on any atom is 0.148 e. The van der Waals surface area contributed by atoms with Gasteiger partial charge in [-0.25, -0.2) is 0 Å². The third-order valence-corrected chi connectivity index (χ3v) is 2.46. The zero-order chi connectivity index (χ0) is 12.7. The van der Waals surface area contributed by atoms with E-state index in [4.69, 9.17) is 11.2 Å². The van der Waals surface area contributed by atoms with E-state index in [1.54, 1.807) is 0 Å². The van der Waals surface area contributed by atoms with Crippen LogP contribution in [0.5, 0.6) is 5.75 Å². The Labute approximate surface area is 104 Å². The number of rotatable bonds is 6. The molecule has 17 heavy (non-hydrogen) atoms. The molecule has 0 radical (unpaired) electrons. The van der Waals surface area contributed by atoms with Gasteiger partial charge in [-0.1, -0.05) is 38.0 Å². The van der Waals surface area contributed by atoms with Gasteiger partial charge in [-0.2, -0.15) is 0 Å². The van der Waals surface area contributed by atoms with Crippen LogP contribution in [0.1, 0.15) is 25.0 Å². The lowest BCUT2D eigenvalue weighted by Crippen LogP contribution is -2.19. The lowest BCUT2D eigenvalue weighted by Gasteiger charge is -2.14. The molecule has 0 bridgehead atoms. The van der Waals surface area contributed by atoms with Crippen LogP contribution in [-0.4, -0.2) is 13.2 Å². The average molecular weight is 231 g/mol. The van der Waals surface area contributed by atoms with Crippen molar-refractivity contribution in [3.8, 4) is 18.1 Å². The summed E-state index contributed by atoms with van der Waals surface area (Å²) in [4.78, 5) is 0. The highest BCUT2D eigenvalue weighted by Crippen LogP contribution is 2.23. The predicted molar refractivity (Wildman–Crippen MR) is 72.1 cm³/mol. The van der Waals surface area contributed by atoms with Crippen molar-refractivity contribution in [1.82, 2.24) is 5.32 Å². The Morgan fingerprint density at radius 2 is 2.18 bits per heavy atom. The van der Waals surface area contributed by atoms with Crippen molar-refractivity contribution in [3.05, 3.63) is 29.3 Å². The Hall–Kier alpha value is -1.46. The standard InChI is InChI=1S/C15H21NO/c1-5-9-17-15-13(4)7-6-8-14(15)11-16-10-12(2)3/h1,6-8,12,16H,9-11H2,2-4H3. The highest BCUT2D eigenvalue weighted by atomic mass is 16.5. The Morgan fingerprint density at radius 1 is 1.41 bits per heavy atom. The summed E-state index contributed by atoms with van der Waals surface area (Å²) >= 11 is 0. The van der Waals surface area contributed by atoms with Crippen LogP contribution >= 0.6 is 0 Å². The fraction of sp³-hybridized carbons (Fsp3) is 0.467. The molecule has 0 heterocycles. The molecule has 0 aromatic heterocycles. The van der Waals surface area contributed by atoms with Gasteiger partial charge in [0.25, 0.3) is 0 Å². The Balaban J connectivity index is 2.69. The van der Waals surface area contributed by atoms with Crippen LogP contribution in [0.3, 0.4) is 0 Å². The van der Waals surface area contributed by atoms with Gasteiger partial charge in [-0.3, -0.25) is 0 Å². The van der Waals surface area contributed by atoms with Gasteiger partial charge in [0.15, 0.2) is 0 Å². The predicted octanol–water partition coefficient (Wildman–Crippen LogP) is 2.75. The molecule has 1 aromatic carbocycles. The summed E-state index contributed by atoms with van der Waals surface area (Å²) in [5.41, 5.74) is 2.30. The third kappa shape index (κ3) is 4.50. The second kappa shape index (κ2) is 6.98. The number of ether oxygens (including phenoxy) is 1. The maximum atomic E-state index is 5.60.